The number of hydrogen-bond acceptors (Lipinski definition) is 2. The van der Waals surface area contributed by atoms with Crippen LogP contribution in [0.2, 0.25) is 0 Å². The van der Waals surface area contributed by atoms with E-state index in [-0.39, 0.29) is 0 Å². The van der Waals surface area contributed by atoms with E-state index in [1.165, 1.54) is 50.3 Å². The van der Waals surface area contributed by atoms with Gasteiger partial charge in [0.25, 0.3) is 0 Å². The molecule has 2 nitrogen and oxygen atoms in total. The zero-order valence-corrected chi connectivity index (χ0v) is 27.9. The quantitative estimate of drug-likeness (QED) is 0.171. The fourth-order valence-electron chi connectivity index (χ4n) is 7.83. The molecule has 6 aromatic carbocycles. The number of allylic oxidation sites excluding steroid dienone is 6. The molecule has 0 saturated carbocycles. The summed E-state index contributed by atoms with van der Waals surface area (Å²) in [5.74, 6) is 0.389. The van der Waals surface area contributed by atoms with Crippen LogP contribution >= 0.6 is 0 Å². The molecule has 0 amide bonds. The van der Waals surface area contributed by atoms with E-state index in [1.54, 1.807) is 0 Å². The molecule has 50 heavy (non-hydrogen) atoms. The first kappa shape index (κ1) is 30.0. The number of rotatable bonds is 7. The van der Waals surface area contributed by atoms with Crippen LogP contribution in [0.4, 0.5) is 22.7 Å². The molecule has 1 aliphatic heterocycles. The molecule has 0 N–H and O–H groups in total. The minimum Gasteiger partial charge on any atom is -0.337 e. The maximum atomic E-state index is 2.57. The van der Waals surface area contributed by atoms with Gasteiger partial charge in [-0.3, -0.25) is 0 Å². The van der Waals surface area contributed by atoms with Gasteiger partial charge in [-0.1, -0.05) is 146 Å². The monoisotopic (exact) mass is 642 g/mol. The number of fused-ring (bicyclic) bond motifs is 3. The molecule has 1 heterocycles. The van der Waals surface area contributed by atoms with E-state index in [9.17, 15) is 0 Å². The Balaban J connectivity index is 0.966. The van der Waals surface area contributed by atoms with Crippen molar-refractivity contribution in [3.8, 4) is 22.3 Å². The van der Waals surface area contributed by atoms with E-state index in [0.29, 0.717) is 12.0 Å². The molecule has 3 aliphatic rings. The Morgan fingerprint density at radius 3 is 1.66 bits per heavy atom. The zero-order chi connectivity index (χ0) is 33.3. The number of anilines is 4. The lowest BCUT2D eigenvalue weighted by Crippen LogP contribution is -2.32. The summed E-state index contributed by atoms with van der Waals surface area (Å²) in [5.41, 5.74) is 15.2. The number of para-hydroxylation sites is 2. The Hall–Kier alpha value is -6.12. The van der Waals surface area contributed by atoms with Crippen molar-refractivity contribution in [3.05, 3.63) is 211 Å². The summed E-state index contributed by atoms with van der Waals surface area (Å²) in [4.78, 5) is 4.89. The predicted molar refractivity (Wildman–Crippen MR) is 211 cm³/mol. The summed E-state index contributed by atoms with van der Waals surface area (Å²) in [6, 6.07) is 57.5. The molecule has 2 atom stereocenters. The molecular formula is C48H38N2. The van der Waals surface area contributed by atoms with E-state index in [2.05, 4.69) is 204 Å². The topological polar surface area (TPSA) is 6.48 Å². The van der Waals surface area contributed by atoms with Crippen LogP contribution in [0.25, 0.3) is 27.8 Å². The average molecular weight is 643 g/mol. The Morgan fingerprint density at radius 1 is 0.480 bits per heavy atom. The van der Waals surface area contributed by atoms with Crippen LogP contribution in [0, 0.1) is 0 Å². The summed E-state index contributed by atoms with van der Waals surface area (Å²) < 4.78 is 0. The van der Waals surface area contributed by atoms with Crippen molar-refractivity contribution in [3.63, 3.8) is 0 Å². The third kappa shape index (κ3) is 5.59. The lowest BCUT2D eigenvalue weighted by molar-refractivity contribution is 0.722. The molecule has 0 spiro atoms. The molecule has 0 fully saturated rings. The van der Waals surface area contributed by atoms with Crippen molar-refractivity contribution in [1.82, 2.24) is 0 Å². The molecule has 9 rings (SSSR count). The third-order valence-electron chi connectivity index (χ3n) is 10.3. The molecule has 6 aromatic rings. The van der Waals surface area contributed by atoms with Crippen molar-refractivity contribution in [2.24, 2.45) is 0 Å². The minimum atomic E-state index is 0.373. The second kappa shape index (κ2) is 13.1. The first-order chi connectivity index (χ1) is 24.8. The van der Waals surface area contributed by atoms with E-state index in [4.69, 9.17) is 0 Å². The first-order valence-corrected chi connectivity index (χ1v) is 17.6. The summed E-state index contributed by atoms with van der Waals surface area (Å²) in [5, 5.41) is 0. The van der Waals surface area contributed by atoms with Crippen molar-refractivity contribution in [1.29, 1.82) is 0 Å². The first-order valence-electron chi connectivity index (χ1n) is 17.6. The van der Waals surface area contributed by atoms with Gasteiger partial charge in [0, 0.05) is 34.4 Å². The largest absolute Gasteiger partial charge is 0.337 e. The molecule has 0 saturated heterocycles. The third-order valence-corrected chi connectivity index (χ3v) is 10.3. The Morgan fingerprint density at radius 2 is 1.02 bits per heavy atom. The summed E-state index contributed by atoms with van der Waals surface area (Å²) in [6.45, 7) is 0. The van der Waals surface area contributed by atoms with Gasteiger partial charge in [0.1, 0.15) is 0 Å². The molecule has 0 aromatic heterocycles. The Bertz CT molecular complexity index is 2240. The molecular weight excluding hydrogens is 605 g/mol. The fraction of sp³-hybridized carbons (Fsp3) is 0.0833. The second-order valence-electron chi connectivity index (χ2n) is 13.3. The highest BCUT2D eigenvalue weighted by atomic mass is 15.2. The van der Waals surface area contributed by atoms with E-state index < -0.39 is 0 Å². The van der Waals surface area contributed by atoms with Crippen LogP contribution in [-0.2, 0) is 0 Å². The Kier molecular flexibility index (Phi) is 7.83. The molecule has 240 valence electrons. The van der Waals surface area contributed by atoms with E-state index in [1.807, 2.05) is 0 Å². The molecule has 0 radical (unpaired) electrons. The average Bonchev–Trinajstić information content (AvgIpc) is 3.53. The maximum Gasteiger partial charge on any atom is 0.0557 e. The van der Waals surface area contributed by atoms with Crippen LogP contribution in [0.15, 0.2) is 200 Å². The summed E-state index contributed by atoms with van der Waals surface area (Å²) in [7, 11) is 0. The number of hydrogen-bond donors (Lipinski definition) is 0. The van der Waals surface area contributed by atoms with Crippen LogP contribution in [-0.4, -0.2) is 6.04 Å². The van der Waals surface area contributed by atoms with Gasteiger partial charge in [0.15, 0.2) is 0 Å². The molecule has 0 bridgehead atoms. The number of benzene rings is 6. The molecule has 2 aliphatic carbocycles. The van der Waals surface area contributed by atoms with Gasteiger partial charge < -0.3 is 9.80 Å². The summed E-state index contributed by atoms with van der Waals surface area (Å²) >= 11 is 0. The van der Waals surface area contributed by atoms with E-state index >= 15 is 0 Å². The number of nitrogens with zero attached hydrogens (tertiary/aromatic N) is 2. The summed E-state index contributed by atoms with van der Waals surface area (Å²) in [6.07, 6.45) is 15.7. The van der Waals surface area contributed by atoms with Gasteiger partial charge in [0.2, 0.25) is 0 Å². The van der Waals surface area contributed by atoms with E-state index in [0.717, 1.165) is 29.9 Å². The van der Waals surface area contributed by atoms with Crippen LogP contribution in [0.5, 0.6) is 0 Å². The van der Waals surface area contributed by atoms with Gasteiger partial charge >= 0.3 is 0 Å². The Labute approximate surface area is 295 Å². The highest BCUT2D eigenvalue weighted by Crippen LogP contribution is 2.51. The van der Waals surface area contributed by atoms with Gasteiger partial charge in [-0.05, 0) is 100 Å². The standard InChI is InChI=1S/C48H38N2/c1-4-12-35(13-5-1)37-24-29-43(30-25-37)49(41-14-6-2-7-15-41)44-31-26-38(27-32-44)36-20-22-39(23-21-36)40-28-33-48-46(34-40)45-18-10-11-19-47(45)50(48)42-16-8-3-9-17-42/h1-16,18-33,42,46H,17,34H2. The van der Waals surface area contributed by atoms with Crippen molar-refractivity contribution in [2.45, 2.75) is 24.8 Å². The highest BCUT2D eigenvalue weighted by Gasteiger charge is 2.38. The second-order valence-corrected chi connectivity index (χ2v) is 13.3. The maximum absolute atomic E-state index is 2.57. The molecule has 2 unspecified atom stereocenters. The zero-order valence-electron chi connectivity index (χ0n) is 27.9. The van der Waals surface area contributed by atoms with Crippen LogP contribution in [0.3, 0.4) is 0 Å². The molecule has 2 heteroatoms. The van der Waals surface area contributed by atoms with Gasteiger partial charge in [-0.2, -0.15) is 0 Å². The predicted octanol–water partition coefficient (Wildman–Crippen LogP) is 12.6. The highest BCUT2D eigenvalue weighted by molar-refractivity contribution is 5.81. The van der Waals surface area contributed by atoms with Gasteiger partial charge in [0.05, 0.1) is 6.04 Å². The SMILES string of the molecule is C1=CCC(N2C3=CC=C(c4ccc(-c5ccc(N(c6ccccc6)c6ccc(-c7ccccc7)cc6)cc5)cc4)CC3c3ccccc32)C=C1. The van der Waals surface area contributed by atoms with Crippen molar-refractivity contribution >= 4 is 28.3 Å². The normalized spacial score (nSPS) is 17.5. The van der Waals surface area contributed by atoms with Gasteiger partial charge in [-0.25, -0.2) is 0 Å². The lowest BCUT2D eigenvalue weighted by atomic mass is 9.84. The smallest absolute Gasteiger partial charge is 0.0557 e. The van der Waals surface area contributed by atoms with Gasteiger partial charge in [-0.15, -0.1) is 0 Å². The van der Waals surface area contributed by atoms with Crippen molar-refractivity contribution in [2.75, 3.05) is 9.80 Å². The lowest BCUT2D eigenvalue weighted by Gasteiger charge is -2.32. The van der Waals surface area contributed by atoms with Crippen LogP contribution in [0.1, 0.15) is 29.9 Å². The fourth-order valence-corrected chi connectivity index (χ4v) is 7.83. The minimum absolute atomic E-state index is 0.373. The van der Waals surface area contributed by atoms with Crippen molar-refractivity contribution < 1.29 is 0 Å². The van der Waals surface area contributed by atoms with Crippen LogP contribution < -0.4 is 9.80 Å².